The van der Waals surface area contributed by atoms with Crippen LogP contribution in [0.2, 0.25) is 16.6 Å². The predicted octanol–water partition coefficient (Wildman–Crippen LogP) is 3.52. The van der Waals surface area contributed by atoms with Gasteiger partial charge in [0.1, 0.15) is 12.2 Å². The van der Waals surface area contributed by atoms with Crippen LogP contribution < -0.4 is 0 Å². The molecule has 1 N–H and O–H groups in total. The Morgan fingerprint density at radius 3 is 1.61 bits per heavy atom. The van der Waals surface area contributed by atoms with Crippen molar-refractivity contribution in [3.05, 3.63) is 0 Å². The van der Waals surface area contributed by atoms with E-state index in [1.165, 1.54) is 0 Å². The highest BCUT2D eigenvalue weighted by molar-refractivity contribution is 6.77. The molecule has 0 saturated carbocycles. The number of rotatable bonds is 4. The van der Waals surface area contributed by atoms with Crippen molar-refractivity contribution in [3.63, 3.8) is 0 Å². The van der Waals surface area contributed by atoms with Gasteiger partial charge in [-0.2, -0.15) is 0 Å². The van der Waals surface area contributed by atoms with E-state index in [-0.39, 0.29) is 0 Å². The zero-order valence-electron chi connectivity index (χ0n) is 12.7. The molecule has 0 radical (unpaired) electrons. The fraction of sp³-hybridized carbons (Fsp3) is 0.733. The lowest BCUT2D eigenvalue weighted by atomic mass is 10.4. The maximum absolute atomic E-state index is 9.00. The van der Waals surface area contributed by atoms with Crippen molar-refractivity contribution in [1.29, 1.82) is 0 Å². The molecule has 0 aliphatic carbocycles. The minimum Gasteiger partial charge on any atom is -0.499 e. The molecule has 0 fully saturated rings. The van der Waals surface area contributed by atoms with Gasteiger partial charge in [0.2, 0.25) is 0 Å². The van der Waals surface area contributed by atoms with Crippen molar-refractivity contribution in [1.82, 2.24) is 0 Å². The van der Waals surface area contributed by atoms with Gasteiger partial charge in [0.05, 0.1) is 0 Å². The Balaban J connectivity index is 4.99. The Hall–Kier alpha value is -0.903. The van der Waals surface area contributed by atoms with Crippen LogP contribution >= 0.6 is 0 Å². The fourth-order valence-electron chi connectivity index (χ4n) is 2.63. The number of aliphatic hydroxyl groups is 1. The summed E-state index contributed by atoms with van der Waals surface area (Å²) in [7, 11) is -1.91. The van der Waals surface area contributed by atoms with Crippen molar-refractivity contribution < 1.29 is 9.53 Å². The molecule has 0 aliphatic rings. The maximum Gasteiger partial charge on any atom is 0.272 e. The molecule has 0 amide bonds. The van der Waals surface area contributed by atoms with Gasteiger partial charge in [-0.1, -0.05) is 47.5 Å². The largest absolute Gasteiger partial charge is 0.499 e. The van der Waals surface area contributed by atoms with Crippen LogP contribution in [0, 0.1) is 23.9 Å². The minimum absolute atomic E-state index is 0.511. The second-order valence-corrected chi connectivity index (χ2v) is 11.0. The molecule has 0 unspecified atom stereocenters. The lowest BCUT2D eigenvalue weighted by Crippen LogP contribution is -2.46. The van der Waals surface area contributed by atoms with Crippen LogP contribution in [-0.2, 0) is 4.43 Å². The topological polar surface area (TPSA) is 29.5 Å². The van der Waals surface area contributed by atoms with Gasteiger partial charge in [0.25, 0.3) is 8.32 Å². The molecule has 3 heteroatoms. The summed E-state index contributed by atoms with van der Waals surface area (Å²) in [4.78, 5) is 0. The lowest BCUT2D eigenvalue weighted by molar-refractivity contribution is 0.253. The number of aliphatic hydroxyl groups excluding tert-OH is 1. The number of hydrogen-bond donors (Lipinski definition) is 1. The predicted molar refractivity (Wildman–Crippen MR) is 79.4 cm³/mol. The van der Waals surface area contributed by atoms with Crippen LogP contribution in [0.5, 0.6) is 0 Å². The molecule has 1 atom stereocenters. The van der Waals surface area contributed by atoms with Crippen molar-refractivity contribution in [2.45, 2.75) is 71.2 Å². The van der Waals surface area contributed by atoms with E-state index in [0.717, 1.165) is 0 Å². The molecule has 0 aromatic rings. The molecule has 0 aromatic carbocycles. The Kier molecular flexibility index (Phi) is 7.14. The third kappa shape index (κ3) is 4.41. The first-order valence-corrected chi connectivity index (χ1v) is 8.75. The number of hydrogen-bond acceptors (Lipinski definition) is 2. The third-order valence-corrected chi connectivity index (χ3v) is 9.20. The molecule has 0 spiro atoms. The second-order valence-electron chi connectivity index (χ2n) is 5.59. The summed E-state index contributed by atoms with van der Waals surface area (Å²) in [5, 5.41) is 9.00. The Labute approximate surface area is 113 Å². The van der Waals surface area contributed by atoms with E-state index >= 15 is 0 Å². The Morgan fingerprint density at radius 1 is 0.833 bits per heavy atom. The Bertz CT molecular complexity index is 340. The molecule has 102 valence electrons. The summed E-state index contributed by atoms with van der Waals surface area (Å²) >= 11 is 0. The van der Waals surface area contributed by atoms with E-state index < -0.39 is 14.4 Å². The van der Waals surface area contributed by atoms with Crippen LogP contribution in [0.3, 0.4) is 0 Å². The third-order valence-electron chi connectivity index (χ3n) is 3.33. The maximum atomic E-state index is 9.00. The smallest absolute Gasteiger partial charge is 0.272 e. The van der Waals surface area contributed by atoms with Crippen LogP contribution in [0.1, 0.15) is 48.5 Å². The monoisotopic (exact) mass is 266 g/mol. The quantitative estimate of drug-likeness (QED) is 0.623. The average molecular weight is 266 g/mol. The molecular weight excluding hydrogens is 240 g/mol. The zero-order valence-corrected chi connectivity index (χ0v) is 13.7. The van der Waals surface area contributed by atoms with Crippen molar-refractivity contribution in [2.24, 2.45) is 0 Å². The summed E-state index contributed by atoms with van der Waals surface area (Å²) < 4.78 is 5.99. The summed E-state index contributed by atoms with van der Waals surface area (Å²) in [5.74, 6) is 7.88. The first kappa shape index (κ1) is 17.1. The summed E-state index contributed by atoms with van der Waals surface area (Å²) in [6, 6.07) is 0. The van der Waals surface area contributed by atoms with Gasteiger partial charge in [0, 0.05) is 5.92 Å². The van der Waals surface area contributed by atoms with Gasteiger partial charge in [-0.05, 0) is 29.5 Å². The van der Waals surface area contributed by atoms with Gasteiger partial charge in [-0.15, -0.1) is 0 Å². The highest BCUT2D eigenvalue weighted by Gasteiger charge is 2.46. The van der Waals surface area contributed by atoms with Crippen LogP contribution in [0.4, 0.5) is 0 Å². The highest BCUT2D eigenvalue weighted by atomic mass is 28.4. The summed E-state index contributed by atoms with van der Waals surface area (Å²) in [5.41, 5.74) is 1.53. The molecule has 0 saturated heterocycles. The molecule has 0 aromatic heterocycles. The van der Waals surface area contributed by atoms with E-state index in [4.69, 9.17) is 9.53 Å². The minimum atomic E-state index is -1.91. The van der Waals surface area contributed by atoms with Crippen molar-refractivity contribution in [3.8, 4) is 23.9 Å². The van der Waals surface area contributed by atoms with E-state index in [0.29, 0.717) is 16.6 Å². The standard InChI is InChI=1S/C15H26O2Si/c1-12(2)18(13(3)4,14(5)6)17-11-9-8-10-15(7)16/h12-16H,1-7H3/t15-/m1/s1. The van der Waals surface area contributed by atoms with Gasteiger partial charge in [-0.25, -0.2) is 0 Å². The van der Waals surface area contributed by atoms with E-state index in [2.05, 4.69) is 65.4 Å². The van der Waals surface area contributed by atoms with Crippen molar-refractivity contribution in [2.75, 3.05) is 0 Å². The summed E-state index contributed by atoms with van der Waals surface area (Å²) in [6.45, 7) is 14.9. The molecule has 18 heavy (non-hydrogen) atoms. The van der Waals surface area contributed by atoms with Crippen LogP contribution in [0.25, 0.3) is 0 Å². The molecular formula is C15H26O2Si. The van der Waals surface area contributed by atoms with Gasteiger partial charge < -0.3 is 9.53 Å². The van der Waals surface area contributed by atoms with Crippen LogP contribution in [-0.4, -0.2) is 19.5 Å². The van der Waals surface area contributed by atoms with E-state index in [1.54, 1.807) is 6.92 Å². The van der Waals surface area contributed by atoms with Gasteiger partial charge >= 0.3 is 0 Å². The fourth-order valence-corrected chi connectivity index (χ4v) is 7.57. The zero-order chi connectivity index (χ0) is 14.3. The van der Waals surface area contributed by atoms with Crippen LogP contribution in [0.15, 0.2) is 0 Å². The second kappa shape index (κ2) is 7.51. The molecule has 0 heterocycles. The molecule has 0 rings (SSSR count). The first-order valence-electron chi connectivity index (χ1n) is 6.61. The Morgan fingerprint density at radius 2 is 1.28 bits per heavy atom. The SMILES string of the molecule is CC(C)[Si](OC#CC#C[C@@H](C)O)(C(C)C)C(C)C. The molecule has 0 aliphatic heterocycles. The summed E-state index contributed by atoms with van der Waals surface area (Å²) in [6.07, 6.45) is 2.12. The first-order chi connectivity index (χ1) is 8.25. The van der Waals surface area contributed by atoms with Gasteiger partial charge in [0.15, 0.2) is 0 Å². The van der Waals surface area contributed by atoms with E-state index in [9.17, 15) is 0 Å². The lowest BCUT2D eigenvalue weighted by Gasteiger charge is -2.39. The highest BCUT2D eigenvalue weighted by Crippen LogP contribution is 2.41. The molecule has 0 bridgehead atoms. The molecule has 2 nitrogen and oxygen atoms in total. The normalized spacial score (nSPS) is 12.8. The average Bonchev–Trinajstić information content (AvgIpc) is 2.20. The van der Waals surface area contributed by atoms with Gasteiger partial charge in [-0.3, -0.25) is 0 Å². The van der Waals surface area contributed by atoms with E-state index in [1.807, 2.05) is 0 Å². The van der Waals surface area contributed by atoms with Crippen molar-refractivity contribution >= 4 is 8.32 Å².